The standard InChI is InChI=1S/2C6H4I2O4S.3H2O.Zn/c2*7-4-1-3(13(10,11)12)2-5(8)6(4)9;;;;/h2*1-2,9H,(H,10,11,12);3*1H2;/q;;;;;+2/p-2. The van der Waals surface area contributed by atoms with Gasteiger partial charge in [0.15, 0.2) is 0 Å². The Kier molecular flexibility index (Phi) is 19.6. The van der Waals surface area contributed by atoms with Crippen LogP contribution in [0.15, 0.2) is 34.1 Å². The summed E-state index contributed by atoms with van der Waals surface area (Å²) in [6, 6.07) is 4.56. The summed E-state index contributed by atoms with van der Waals surface area (Å²) in [6.45, 7) is 0. The summed E-state index contributed by atoms with van der Waals surface area (Å²) in [5, 5.41) is 18.6. The van der Waals surface area contributed by atoms with Crippen molar-refractivity contribution in [1.29, 1.82) is 0 Å². The molecule has 0 unspecified atom stereocenters. The van der Waals surface area contributed by atoms with Crippen LogP contribution in [0.4, 0.5) is 0 Å². The molecule has 2 aromatic rings. The number of hydrogen-bond donors (Lipinski definition) is 2. The maximum absolute atomic E-state index is 10.6. The third-order valence-electron chi connectivity index (χ3n) is 2.56. The fourth-order valence-corrected chi connectivity index (χ4v) is 6.80. The Morgan fingerprint density at radius 3 is 0.900 bits per heavy atom. The van der Waals surface area contributed by atoms with Crippen molar-refractivity contribution in [2.75, 3.05) is 0 Å². The summed E-state index contributed by atoms with van der Waals surface area (Å²) >= 11 is 7.03. The van der Waals surface area contributed by atoms with E-state index >= 15 is 0 Å². The Balaban J connectivity index is -0.000000199. The van der Waals surface area contributed by atoms with Crippen LogP contribution >= 0.6 is 90.4 Å². The molecule has 2 aromatic carbocycles. The fraction of sp³-hybridized carbons (Fsp3) is 0. The second-order valence-electron chi connectivity index (χ2n) is 4.38. The minimum atomic E-state index is -4.44. The molecule has 18 heteroatoms. The van der Waals surface area contributed by atoms with Crippen molar-refractivity contribution in [2.24, 2.45) is 0 Å². The van der Waals surface area contributed by atoms with Gasteiger partial charge in [-0.2, -0.15) is 0 Å². The largest absolute Gasteiger partial charge is 2.00 e. The molecular formula is C12H12I4O11S2Zn. The van der Waals surface area contributed by atoms with Crippen LogP contribution in [0.3, 0.4) is 0 Å². The van der Waals surface area contributed by atoms with E-state index in [1.807, 2.05) is 0 Å². The smallest absolute Gasteiger partial charge is 0.744 e. The van der Waals surface area contributed by atoms with Gasteiger partial charge in [-0.15, -0.1) is 0 Å². The summed E-state index contributed by atoms with van der Waals surface area (Å²) in [4.78, 5) is -0.641. The summed E-state index contributed by atoms with van der Waals surface area (Å²) in [6.07, 6.45) is 0. The normalized spacial score (nSPS) is 10.1. The summed E-state index contributed by atoms with van der Waals surface area (Å²) in [5.74, 6) is -0.0119. The number of phenolic OH excluding ortho intramolecular Hbond substituents is 2. The molecule has 0 aromatic heterocycles. The Morgan fingerprint density at radius 2 is 0.767 bits per heavy atom. The molecule has 0 heterocycles. The first kappa shape index (κ1) is 38.5. The second-order valence-corrected chi connectivity index (χ2v) is 11.8. The van der Waals surface area contributed by atoms with E-state index in [1.165, 1.54) is 0 Å². The van der Waals surface area contributed by atoms with Crippen molar-refractivity contribution in [2.45, 2.75) is 9.79 Å². The monoisotopic (exact) mass is 968 g/mol. The van der Waals surface area contributed by atoms with Crippen LogP contribution in [0.1, 0.15) is 0 Å². The zero-order valence-corrected chi connectivity index (χ0v) is 27.4. The SMILES string of the molecule is O.O.O.O=S(=O)([O-])c1cc(I)c(O)c(I)c1.O=S(=O)([O-])c1cc(I)c(O)c(I)c1.[Zn+2]. The van der Waals surface area contributed by atoms with Crippen LogP contribution in [0.25, 0.3) is 0 Å². The summed E-state index contributed by atoms with van der Waals surface area (Å²) < 4.78 is 65.0. The van der Waals surface area contributed by atoms with Crippen molar-refractivity contribution < 1.29 is 72.1 Å². The molecule has 0 aliphatic heterocycles. The van der Waals surface area contributed by atoms with E-state index in [2.05, 4.69) is 0 Å². The topological polar surface area (TPSA) is 249 Å². The molecule has 30 heavy (non-hydrogen) atoms. The minimum absolute atomic E-state index is 0. The van der Waals surface area contributed by atoms with Crippen LogP contribution in [0.2, 0.25) is 0 Å². The average Bonchev–Trinajstić information content (AvgIpc) is 2.48. The zero-order valence-electron chi connectivity index (χ0n) is 14.2. The van der Waals surface area contributed by atoms with E-state index in [1.54, 1.807) is 90.4 Å². The number of benzene rings is 2. The minimum Gasteiger partial charge on any atom is -0.744 e. The van der Waals surface area contributed by atoms with Gasteiger partial charge in [0.1, 0.15) is 31.7 Å². The Hall–Kier alpha value is 1.28. The van der Waals surface area contributed by atoms with Crippen molar-refractivity contribution in [3.05, 3.63) is 38.5 Å². The first-order chi connectivity index (χ1) is 11.6. The van der Waals surface area contributed by atoms with Gasteiger partial charge in [0.25, 0.3) is 0 Å². The van der Waals surface area contributed by atoms with Crippen molar-refractivity contribution >= 4 is 111 Å². The van der Waals surface area contributed by atoms with Gasteiger partial charge in [-0.3, -0.25) is 0 Å². The third kappa shape index (κ3) is 11.4. The Morgan fingerprint density at radius 1 is 0.600 bits per heavy atom. The molecule has 0 atom stereocenters. The van der Waals surface area contributed by atoms with Gasteiger partial charge in [-0.1, -0.05) is 0 Å². The third-order valence-corrected chi connectivity index (χ3v) is 7.47. The molecule has 8 N–H and O–H groups in total. The van der Waals surface area contributed by atoms with E-state index in [4.69, 9.17) is 0 Å². The van der Waals surface area contributed by atoms with Crippen LogP contribution in [-0.2, 0) is 39.7 Å². The number of aromatic hydroxyl groups is 2. The molecule has 0 fully saturated rings. The maximum Gasteiger partial charge on any atom is 2.00 e. The van der Waals surface area contributed by atoms with E-state index in [0.717, 1.165) is 24.3 Å². The number of hydrogen-bond acceptors (Lipinski definition) is 8. The maximum atomic E-state index is 10.6. The van der Waals surface area contributed by atoms with Gasteiger partial charge in [0, 0.05) is 0 Å². The molecule has 2 rings (SSSR count). The van der Waals surface area contributed by atoms with Crippen LogP contribution in [0.5, 0.6) is 11.5 Å². The first-order valence-electron chi connectivity index (χ1n) is 5.92. The second kappa shape index (κ2) is 15.2. The molecular weight excluding hydrogens is 957 g/mol. The van der Waals surface area contributed by atoms with Gasteiger partial charge in [-0.05, 0) is 115 Å². The van der Waals surface area contributed by atoms with Crippen molar-refractivity contribution in [1.82, 2.24) is 0 Å². The van der Waals surface area contributed by atoms with Crippen molar-refractivity contribution in [3.8, 4) is 11.5 Å². The zero-order chi connectivity index (χ0) is 20.4. The van der Waals surface area contributed by atoms with E-state index in [-0.39, 0.29) is 57.2 Å². The fourth-order valence-electron chi connectivity index (χ4n) is 1.37. The van der Waals surface area contributed by atoms with Gasteiger partial charge < -0.3 is 35.7 Å². The van der Waals surface area contributed by atoms with E-state index < -0.39 is 20.2 Å². The molecule has 0 radical (unpaired) electrons. The first-order valence-corrected chi connectivity index (χ1v) is 13.1. The van der Waals surface area contributed by atoms with Crippen LogP contribution in [-0.4, -0.2) is 52.6 Å². The van der Waals surface area contributed by atoms with Gasteiger partial charge in [0.05, 0.1) is 24.1 Å². The summed E-state index contributed by atoms with van der Waals surface area (Å²) in [5.41, 5.74) is 0. The van der Waals surface area contributed by atoms with Gasteiger partial charge in [0.2, 0.25) is 0 Å². The van der Waals surface area contributed by atoms with Gasteiger partial charge in [-0.25, -0.2) is 16.8 Å². The van der Waals surface area contributed by atoms with E-state index in [0.29, 0.717) is 14.3 Å². The average molecular weight is 969 g/mol. The molecule has 0 bridgehead atoms. The number of phenols is 2. The molecule has 0 saturated heterocycles. The molecule has 0 aliphatic rings. The van der Waals surface area contributed by atoms with E-state index in [9.17, 15) is 36.2 Å². The number of rotatable bonds is 2. The molecule has 11 nitrogen and oxygen atoms in total. The van der Waals surface area contributed by atoms with Crippen LogP contribution in [0, 0.1) is 14.3 Å². The molecule has 0 amide bonds. The number of halogens is 4. The Bertz CT molecular complexity index is 930. The molecule has 0 spiro atoms. The van der Waals surface area contributed by atoms with Crippen LogP contribution < -0.4 is 0 Å². The van der Waals surface area contributed by atoms with Gasteiger partial charge >= 0.3 is 19.5 Å². The predicted molar refractivity (Wildman–Crippen MR) is 134 cm³/mol. The molecule has 0 saturated carbocycles. The quantitative estimate of drug-likeness (QED) is 0.244. The molecule has 0 aliphatic carbocycles. The summed E-state index contributed by atoms with van der Waals surface area (Å²) in [7, 11) is -8.87. The predicted octanol–water partition coefficient (Wildman–Crippen LogP) is 0.534. The Labute approximate surface area is 239 Å². The molecule has 168 valence electrons. The van der Waals surface area contributed by atoms with Crippen molar-refractivity contribution in [3.63, 3.8) is 0 Å².